The van der Waals surface area contributed by atoms with Crippen LogP contribution in [0.5, 0.6) is 17.2 Å². The van der Waals surface area contributed by atoms with Gasteiger partial charge in [-0.25, -0.2) is 13.9 Å². The molecule has 3 rings (SSSR count). The minimum absolute atomic E-state index is 0.0152. The van der Waals surface area contributed by atoms with Crippen molar-refractivity contribution in [1.82, 2.24) is 10.4 Å². The normalized spacial score (nSPS) is 15.5. The van der Waals surface area contributed by atoms with E-state index in [0.29, 0.717) is 26.3 Å². The summed E-state index contributed by atoms with van der Waals surface area (Å²) in [7, 11) is -3.80. The number of alkyl halides is 3. The van der Waals surface area contributed by atoms with Gasteiger partial charge in [0.1, 0.15) is 17.2 Å². The quantitative estimate of drug-likeness (QED) is 0.461. The van der Waals surface area contributed by atoms with E-state index < -0.39 is 33.7 Å². The lowest BCUT2D eigenvalue weighted by Gasteiger charge is -2.27. The SMILES string of the molecule is O=C(CCC(CS(=O)(=O)c1ccc(Oc2ccc(OC(F)(F)F)cc2)cc1)NO)N1CCOCC1. The van der Waals surface area contributed by atoms with E-state index in [4.69, 9.17) is 9.47 Å². The molecule has 1 unspecified atom stereocenters. The van der Waals surface area contributed by atoms with E-state index in [0.717, 1.165) is 12.1 Å². The van der Waals surface area contributed by atoms with E-state index in [9.17, 15) is 31.6 Å². The highest BCUT2D eigenvalue weighted by Crippen LogP contribution is 2.28. The molecule has 0 bridgehead atoms. The smallest absolute Gasteiger partial charge is 0.457 e. The van der Waals surface area contributed by atoms with Crippen LogP contribution in [-0.4, -0.2) is 68.9 Å². The first-order valence-corrected chi connectivity index (χ1v) is 12.3. The van der Waals surface area contributed by atoms with Crippen LogP contribution in [0.15, 0.2) is 53.4 Å². The highest BCUT2D eigenvalue weighted by molar-refractivity contribution is 7.91. The Morgan fingerprint density at radius 1 is 1.03 bits per heavy atom. The zero-order chi connectivity index (χ0) is 25.5. The van der Waals surface area contributed by atoms with Gasteiger partial charge in [0.05, 0.1) is 23.9 Å². The van der Waals surface area contributed by atoms with Crippen molar-refractivity contribution in [2.24, 2.45) is 0 Å². The molecule has 1 fully saturated rings. The maximum Gasteiger partial charge on any atom is 0.573 e. The summed E-state index contributed by atoms with van der Waals surface area (Å²) in [6, 6.07) is 9.33. The molecule has 0 spiro atoms. The number of morpholine rings is 1. The standard InChI is InChI=1S/C22H25F3N2O7S/c23-22(24,25)34-19-4-2-17(3-5-19)33-18-6-8-20(9-7-18)35(30,31)15-16(26-29)1-10-21(28)27-11-13-32-14-12-27/h2-9,16,26,29H,1,10-15H2. The number of sulfone groups is 1. The van der Waals surface area contributed by atoms with E-state index in [-0.39, 0.29) is 35.1 Å². The molecule has 9 nitrogen and oxygen atoms in total. The van der Waals surface area contributed by atoms with Gasteiger partial charge in [-0.05, 0) is 55.0 Å². The molecule has 13 heteroatoms. The molecule has 1 aliphatic heterocycles. The zero-order valence-corrected chi connectivity index (χ0v) is 19.3. The van der Waals surface area contributed by atoms with Crippen molar-refractivity contribution in [3.63, 3.8) is 0 Å². The van der Waals surface area contributed by atoms with Gasteiger partial charge in [-0.2, -0.15) is 0 Å². The zero-order valence-electron chi connectivity index (χ0n) is 18.5. The maximum absolute atomic E-state index is 12.8. The van der Waals surface area contributed by atoms with Crippen LogP contribution in [0.4, 0.5) is 13.2 Å². The van der Waals surface area contributed by atoms with Crippen LogP contribution in [-0.2, 0) is 19.4 Å². The minimum Gasteiger partial charge on any atom is -0.457 e. The topological polar surface area (TPSA) is 114 Å². The molecule has 1 amide bonds. The van der Waals surface area contributed by atoms with E-state index in [1.807, 2.05) is 5.48 Å². The van der Waals surface area contributed by atoms with E-state index in [1.54, 1.807) is 4.90 Å². The molecule has 192 valence electrons. The first-order chi connectivity index (χ1) is 16.6. The molecule has 0 aromatic heterocycles. The monoisotopic (exact) mass is 518 g/mol. The number of nitrogens with one attached hydrogen (secondary N) is 1. The second-order valence-electron chi connectivity index (χ2n) is 7.73. The van der Waals surface area contributed by atoms with Gasteiger partial charge in [0, 0.05) is 25.6 Å². The van der Waals surface area contributed by atoms with Gasteiger partial charge in [-0.1, -0.05) is 0 Å². The number of hydrogen-bond acceptors (Lipinski definition) is 8. The number of nitrogens with zero attached hydrogens (tertiary/aromatic N) is 1. The van der Waals surface area contributed by atoms with Crippen LogP contribution < -0.4 is 15.0 Å². The maximum atomic E-state index is 12.8. The molecule has 2 aromatic carbocycles. The number of hydroxylamine groups is 1. The number of ether oxygens (including phenoxy) is 3. The molecular weight excluding hydrogens is 493 g/mol. The third-order valence-electron chi connectivity index (χ3n) is 5.15. The van der Waals surface area contributed by atoms with Gasteiger partial charge >= 0.3 is 6.36 Å². The number of carbonyl (C=O) groups excluding carboxylic acids is 1. The lowest BCUT2D eigenvalue weighted by atomic mass is 10.1. The molecule has 35 heavy (non-hydrogen) atoms. The van der Waals surface area contributed by atoms with E-state index in [1.165, 1.54) is 36.4 Å². The van der Waals surface area contributed by atoms with E-state index >= 15 is 0 Å². The Balaban J connectivity index is 1.55. The Hall–Kier alpha value is -2.87. The highest BCUT2D eigenvalue weighted by Gasteiger charge is 2.31. The van der Waals surface area contributed by atoms with Gasteiger partial charge in [0.2, 0.25) is 5.91 Å². The summed E-state index contributed by atoms with van der Waals surface area (Å²) < 4.78 is 76.7. The predicted octanol–water partition coefficient (Wildman–Crippen LogP) is 3.14. The van der Waals surface area contributed by atoms with Crippen LogP contribution in [0, 0.1) is 0 Å². The summed E-state index contributed by atoms with van der Waals surface area (Å²) in [4.78, 5) is 13.9. The Morgan fingerprint density at radius 2 is 1.57 bits per heavy atom. The number of halogens is 3. The summed E-state index contributed by atoms with van der Waals surface area (Å²) in [6.45, 7) is 1.88. The van der Waals surface area contributed by atoms with Gasteiger partial charge in [0.15, 0.2) is 9.84 Å². The first-order valence-electron chi connectivity index (χ1n) is 10.7. The van der Waals surface area contributed by atoms with Crippen molar-refractivity contribution in [1.29, 1.82) is 0 Å². The number of amides is 1. The Kier molecular flexibility index (Phi) is 8.94. The average molecular weight is 519 g/mol. The Bertz CT molecular complexity index is 1070. The van der Waals surface area contributed by atoms with Crippen LogP contribution >= 0.6 is 0 Å². The fourth-order valence-electron chi connectivity index (χ4n) is 3.38. The summed E-state index contributed by atoms with van der Waals surface area (Å²) in [5, 5.41) is 9.40. The predicted molar refractivity (Wildman–Crippen MR) is 117 cm³/mol. The Labute approximate surface area is 200 Å². The lowest BCUT2D eigenvalue weighted by Crippen LogP contribution is -2.42. The van der Waals surface area contributed by atoms with Crippen LogP contribution in [0.1, 0.15) is 12.8 Å². The first kappa shape index (κ1) is 26.7. The second-order valence-corrected chi connectivity index (χ2v) is 9.77. The number of rotatable bonds is 10. The summed E-state index contributed by atoms with van der Waals surface area (Å²) in [5.74, 6) is -0.470. The molecule has 1 heterocycles. The highest BCUT2D eigenvalue weighted by atomic mass is 32.2. The summed E-state index contributed by atoms with van der Waals surface area (Å²) >= 11 is 0. The molecule has 2 aromatic rings. The van der Waals surface area contributed by atoms with Crippen molar-refractivity contribution in [2.75, 3.05) is 32.1 Å². The van der Waals surface area contributed by atoms with Crippen LogP contribution in [0.2, 0.25) is 0 Å². The summed E-state index contributed by atoms with van der Waals surface area (Å²) in [6.07, 6.45) is -4.60. The van der Waals surface area contributed by atoms with Gasteiger partial charge in [-0.3, -0.25) is 4.79 Å². The van der Waals surface area contributed by atoms with E-state index in [2.05, 4.69) is 4.74 Å². The molecule has 1 atom stereocenters. The summed E-state index contributed by atoms with van der Waals surface area (Å²) in [5.41, 5.74) is 1.97. The molecule has 0 aliphatic carbocycles. The number of hydrogen-bond donors (Lipinski definition) is 2. The molecule has 0 saturated carbocycles. The van der Waals surface area contributed by atoms with Crippen molar-refractivity contribution < 1.29 is 45.8 Å². The Morgan fingerprint density at radius 3 is 2.11 bits per heavy atom. The van der Waals surface area contributed by atoms with Gasteiger partial charge in [0.25, 0.3) is 0 Å². The average Bonchev–Trinajstić information content (AvgIpc) is 2.82. The molecule has 2 N–H and O–H groups in total. The molecule has 1 aliphatic rings. The third kappa shape index (κ3) is 8.38. The fourth-order valence-corrected chi connectivity index (χ4v) is 4.89. The number of benzene rings is 2. The molecule has 0 radical (unpaired) electrons. The van der Waals surface area contributed by atoms with Crippen LogP contribution in [0.25, 0.3) is 0 Å². The molecule has 1 saturated heterocycles. The van der Waals surface area contributed by atoms with Crippen LogP contribution in [0.3, 0.4) is 0 Å². The second kappa shape index (κ2) is 11.7. The van der Waals surface area contributed by atoms with Crippen molar-refractivity contribution in [2.45, 2.75) is 30.1 Å². The van der Waals surface area contributed by atoms with Gasteiger partial charge < -0.3 is 24.3 Å². The minimum atomic E-state index is -4.80. The molecular formula is C22H25F3N2O7S. The van der Waals surface area contributed by atoms with Gasteiger partial charge in [-0.15, -0.1) is 13.2 Å². The largest absolute Gasteiger partial charge is 0.573 e. The fraction of sp³-hybridized carbons (Fsp3) is 0.409. The van der Waals surface area contributed by atoms with Crippen molar-refractivity contribution in [3.05, 3.63) is 48.5 Å². The lowest BCUT2D eigenvalue weighted by molar-refractivity contribution is -0.274. The third-order valence-corrected chi connectivity index (χ3v) is 6.98. The van der Waals surface area contributed by atoms with Crippen molar-refractivity contribution in [3.8, 4) is 17.2 Å². The van der Waals surface area contributed by atoms with Crippen molar-refractivity contribution >= 4 is 15.7 Å². The number of carbonyl (C=O) groups is 1.